The van der Waals surface area contributed by atoms with E-state index in [4.69, 9.17) is 11.6 Å². The number of amides is 1. The number of benzene rings is 1. The van der Waals surface area contributed by atoms with Crippen LogP contribution in [-0.2, 0) is 11.2 Å². The number of carbonyl (C=O) groups is 1. The highest BCUT2D eigenvalue weighted by atomic mass is 35.5. The second kappa shape index (κ2) is 6.51. The van der Waals surface area contributed by atoms with E-state index >= 15 is 0 Å². The van der Waals surface area contributed by atoms with Gasteiger partial charge in [-0.15, -0.1) is 0 Å². The van der Waals surface area contributed by atoms with Crippen LogP contribution in [0.25, 0.3) is 0 Å². The van der Waals surface area contributed by atoms with E-state index in [9.17, 15) is 4.79 Å². The molecule has 1 rings (SSSR count). The average molecular weight is 241 g/mol. The van der Waals surface area contributed by atoms with Crippen LogP contribution in [0.15, 0.2) is 24.3 Å². The fraction of sp³-hybridized carbons (Fsp3) is 0.417. The molecule has 0 saturated carbocycles. The standard InChI is InChI=1S/C12H17ClN2O/c1-9(14-2)8-15-12(16)7-10-4-3-5-11(13)6-10/h3-6,9,14H,7-8H2,1-2H3,(H,15,16). The fourth-order valence-corrected chi connectivity index (χ4v) is 1.48. The Hall–Kier alpha value is -1.06. The lowest BCUT2D eigenvalue weighted by atomic mass is 10.1. The van der Waals surface area contributed by atoms with Crippen LogP contribution in [-0.4, -0.2) is 25.5 Å². The number of hydrogen-bond donors (Lipinski definition) is 2. The van der Waals surface area contributed by atoms with Gasteiger partial charge in [0.25, 0.3) is 0 Å². The van der Waals surface area contributed by atoms with Crippen molar-refractivity contribution in [3.8, 4) is 0 Å². The molecule has 0 saturated heterocycles. The SMILES string of the molecule is CNC(C)CNC(=O)Cc1cccc(Cl)c1. The summed E-state index contributed by atoms with van der Waals surface area (Å²) in [4.78, 5) is 11.6. The van der Waals surface area contributed by atoms with Crippen LogP contribution < -0.4 is 10.6 Å². The molecular formula is C12H17ClN2O. The van der Waals surface area contributed by atoms with Gasteiger partial charge in [0.05, 0.1) is 6.42 Å². The van der Waals surface area contributed by atoms with Crippen molar-refractivity contribution in [1.82, 2.24) is 10.6 Å². The molecule has 88 valence electrons. The highest BCUT2D eigenvalue weighted by Crippen LogP contribution is 2.10. The van der Waals surface area contributed by atoms with Crippen molar-refractivity contribution >= 4 is 17.5 Å². The van der Waals surface area contributed by atoms with Crippen LogP contribution in [0.4, 0.5) is 0 Å². The minimum Gasteiger partial charge on any atom is -0.354 e. The van der Waals surface area contributed by atoms with E-state index in [2.05, 4.69) is 10.6 Å². The Balaban J connectivity index is 2.40. The quantitative estimate of drug-likeness (QED) is 0.821. The molecule has 1 aromatic carbocycles. The van der Waals surface area contributed by atoms with Crippen LogP contribution in [0, 0.1) is 0 Å². The van der Waals surface area contributed by atoms with E-state index in [-0.39, 0.29) is 11.9 Å². The highest BCUT2D eigenvalue weighted by Gasteiger charge is 2.05. The van der Waals surface area contributed by atoms with Crippen molar-refractivity contribution in [3.05, 3.63) is 34.9 Å². The molecule has 2 N–H and O–H groups in total. The molecule has 1 unspecified atom stereocenters. The Morgan fingerprint density at radius 3 is 2.88 bits per heavy atom. The summed E-state index contributed by atoms with van der Waals surface area (Å²) >= 11 is 5.84. The van der Waals surface area contributed by atoms with Crippen LogP contribution in [0.1, 0.15) is 12.5 Å². The van der Waals surface area contributed by atoms with Gasteiger partial charge in [0.15, 0.2) is 0 Å². The summed E-state index contributed by atoms with van der Waals surface area (Å²) in [6.07, 6.45) is 0.372. The van der Waals surface area contributed by atoms with Crippen molar-refractivity contribution in [3.63, 3.8) is 0 Å². The molecule has 1 aromatic rings. The van der Waals surface area contributed by atoms with Gasteiger partial charge in [-0.3, -0.25) is 4.79 Å². The summed E-state index contributed by atoms with van der Waals surface area (Å²) in [5.41, 5.74) is 0.933. The molecule has 0 spiro atoms. The molecule has 0 aliphatic heterocycles. The van der Waals surface area contributed by atoms with Gasteiger partial charge in [-0.25, -0.2) is 0 Å². The highest BCUT2D eigenvalue weighted by molar-refractivity contribution is 6.30. The van der Waals surface area contributed by atoms with Gasteiger partial charge in [0.2, 0.25) is 5.91 Å². The molecule has 0 bridgehead atoms. The summed E-state index contributed by atoms with van der Waals surface area (Å²) in [6, 6.07) is 7.63. The van der Waals surface area contributed by atoms with Crippen molar-refractivity contribution in [2.75, 3.05) is 13.6 Å². The first-order valence-electron chi connectivity index (χ1n) is 5.30. The molecule has 0 aliphatic rings. The number of halogens is 1. The molecular weight excluding hydrogens is 224 g/mol. The largest absolute Gasteiger partial charge is 0.354 e. The van der Waals surface area contributed by atoms with Gasteiger partial charge in [0, 0.05) is 17.6 Å². The molecule has 0 aromatic heterocycles. The third-order valence-corrected chi connectivity index (χ3v) is 2.59. The van der Waals surface area contributed by atoms with Gasteiger partial charge in [-0.2, -0.15) is 0 Å². The van der Waals surface area contributed by atoms with E-state index in [1.807, 2.05) is 32.2 Å². The van der Waals surface area contributed by atoms with E-state index in [1.54, 1.807) is 6.07 Å². The number of carbonyl (C=O) groups excluding carboxylic acids is 1. The summed E-state index contributed by atoms with van der Waals surface area (Å²) in [5.74, 6) is 0.0179. The summed E-state index contributed by atoms with van der Waals surface area (Å²) in [6.45, 7) is 2.65. The monoisotopic (exact) mass is 240 g/mol. The number of likely N-dealkylation sites (N-methyl/N-ethyl adjacent to an activating group) is 1. The zero-order valence-corrected chi connectivity index (χ0v) is 10.3. The summed E-state index contributed by atoms with van der Waals surface area (Å²) in [7, 11) is 1.87. The predicted molar refractivity (Wildman–Crippen MR) is 66.7 cm³/mol. The molecule has 1 atom stereocenters. The Labute approximate surface area is 101 Å². The molecule has 16 heavy (non-hydrogen) atoms. The first-order valence-corrected chi connectivity index (χ1v) is 5.68. The molecule has 0 radical (unpaired) electrons. The maximum atomic E-state index is 11.6. The van der Waals surface area contributed by atoms with Crippen LogP contribution >= 0.6 is 11.6 Å². The Bertz CT molecular complexity index is 355. The lowest BCUT2D eigenvalue weighted by Gasteiger charge is -2.11. The lowest BCUT2D eigenvalue weighted by molar-refractivity contribution is -0.120. The third kappa shape index (κ3) is 4.64. The molecule has 0 aliphatic carbocycles. The van der Waals surface area contributed by atoms with Gasteiger partial charge < -0.3 is 10.6 Å². The van der Waals surface area contributed by atoms with Crippen molar-refractivity contribution in [1.29, 1.82) is 0 Å². The summed E-state index contributed by atoms with van der Waals surface area (Å²) < 4.78 is 0. The Kier molecular flexibility index (Phi) is 5.29. The second-order valence-corrected chi connectivity index (χ2v) is 4.24. The summed E-state index contributed by atoms with van der Waals surface area (Å²) in [5, 5.41) is 6.58. The second-order valence-electron chi connectivity index (χ2n) is 3.80. The molecule has 0 heterocycles. The van der Waals surface area contributed by atoms with Crippen molar-refractivity contribution in [2.45, 2.75) is 19.4 Å². The minimum atomic E-state index is 0.0179. The average Bonchev–Trinajstić information content (AvgIpc) is 2.26. The normalized spacial score (nSPS) is 12.2. The molecule has 3 nitrogen and oxygen atoms in total. The first kappa shape index (κ1) is 13.0. The first-order chi connectivity index (χ1) is 7.61. The van der Waals surface area contributed by atoms with Gasteiger partial charge in [-0.1, -0.05) is 23.7 Å². The van der Waals surface area contributed by atoms with Crippen molar-refractivity contribution in [2.24, 2.45) is 0 Å². The third-order valence-electron chi connectivity index (χ3n) is 2.35. The molecule has 1 amide bonds. The number of nitrogens with one attached hydrogen (secondary N) is 2. The lowest BCUT2D eigenvalue weighted by Crippen LogP contribution is -2.37. The van der Waals surface area contributed by atoms with Crippen LogP contribution in [0.5, 0.6) is 0 Å². The van der Waals surface area contributed by atoms with Crippen LogP contribution in [0.3, 0.4) is 0 Å². The fourth-order valence-electron chi connectivity index (χ4n) is 1.26. The van der Waals surface area contributed by atoms with E-state index in [0.29, 0.717) is 18.0 Å². The topological polar surface area (TPSA) is 41.1 Å². The zero-order valence-electron chi connectivity index (χ0n) is 9.59. The van der Waals surface area contributed by atoms with Gasteiger partial charge in [-0.05, 0) is 31.7 Å². The zero-order chi connectivity index (χ0) is 12.0. The molecule has 4 heteroatoms. The maximum absolute atomic E-state index is 11.6. The number of hydrogen-bond acceptors (Lipinski definition) is 2. The molecule has 0 fully saturated rings. The smallest absolute Gasteiger partial charge is 0.224 e. The predicted octanol–water partition coefficient (Wildman–Crippen LogP) is 1.61. The van der Waals surface area contributed by atoms with E-state index < -0.39 is 0 Å². The number of rotatable bonds is 5. The Morgan fingerprint density at radius 1 is 1.50 bits per heavy atom. The van der Waals surface area contributed by atoms with Gasteiger partial charge >= 0.3 is 0 Å². The van der Waals surface area contributed by atoms with Crippen molar-refractivity contribution < 1.29 is 4.79 Å². The van der Waals surface area contributed by atoms with Gasteiger partial charge in [0.1, 0.15) is 0 Å². The van der Waals surface area contributed by atoms with Crippen LogP contribution in [0.2, 0.25) is 5.02 Å². The maximum Gasteiger partial charge on any atom is 0.224 e. The van der Waals surface area contributed by atoms with E-state index in [1.165, 1.54) is 0 Å². The minimum absolute atomic E-state index is 0.0179. The Morgan fingerprint density at radius 2 is 2.25 bits per heavy atom. The van der Waals surface area contributed by atoms with E-state index in [0.717, 1.165) is 5.56 Å².